The van der Waals surface area contributed by atoms with Crippen LogP contribution in [0.2, 0.25) is 0 Å². The van der Waals surface area contributed by atoms with E-state index in [1.807, 2.05) is 36.9 Å². The van der Waals surface area contributed by atoms with E-state index in [2.05, 4.69) is 17.2 Å². The summed E-state index contributed by atoms with van der Waals surface area (Å²) in [6, 6.07) is 15.7. The number of aliphatic hydroxyl groups excluding tert-OH is 2. The third-order valence-corrected chi connectivity index (χ3v) is 7.08. The Bertz CT molecular complexity index is 1290. The monoisotopic (exact) mass is 553 g/mol. The number of aliphatic hydroxyl groups is 2. The maximum atomic E-state index is 13.9. The van der Waals surface area contributed by atoms with Gasteiger partial charge in [-0.05, 0) is 48.6 Å². The van der Waals surface area contributed by atoms with E-state index in [1.165, 1.54) is 34.5 Å². The Hall–Kier alpha value is -3.76. The SMILES string of the molecule is CC(C)c1c(C(=O)N2CCCC(c3ccccc3)C2)nn(-c2ccc(F)cc2)c1OC[C@@H](O)C[C@@H](O)CC(=O)O. The molecule has 1 aromatic heterocycles. The number of carbonyl (C=O) groups is 2. The molecule has 3 N–H and O–H groups in total. The number of rotatable bonds is 11. The van der Waals surface area contributed by atoms with Crippen molar-refractivity contribution in [2.45, 2.75) is 63.6 Å². The lowest BCUT2D eigenvalue weighted by molar-refractivity contribution is -0.139. The van der Waals surface area contributed by atoms with E-state index in [0.717, 1.165) is 12.8 Å². The first kappa shape index (κ1) is 29.2. The van der Waals surface area contributed by atoms with Gasteiger partial charge in [-0.1, -0.05) is 44.2 Å². The van der Waals surface area contributed by atoms with E-state index in [0.29, 0.717) is 24.3 Å². The minimum Gasteiger partial charge on any atom is -0.481 e. The Morgan fingerprint density at radius 2 is 1.77 bits per heavy atom. The number of hydrogen-bond donors (Lipinski definition) is 3. The molecule has 0 radical (unpaired) electrons. The standard InChI is InChI=1S/C30H36FN3O6/c1-19(2)27-28(29(39)33-14-6-9-21(17-33)20-7-4-3-5-8-20)32-34(23-12-10-22(31)11-13-23)30(27)40-18-25(36)15-24(35)16-26(37)38/h3-5,7-8,10-13,19,21,24-25,35-36H,6,9,14-18H2,1-2H3,(H,37,38)/t21?,24-,25+/m1/s1. The molecular formula is C30H36FN3O6. The normalized spacial score (nSPS) is 17.1. The molecule has 1 saturated heterocycles. The highest BCUT2D eigenvalue weighted by Crippen LogP contribution is 2.35. The van der Waals surface area contributed by atoms with Crippen molar-refractivity contribution < 1.29 is 34.0 Å². The van der Waals surface area contributed by atoms with Gasteiger partial charge in [0.2, 0.25) is 5.88 Å². The first-order valence-corrected chi connectivity index (χ1v) is 13.6. The molecule has 3 atom stereocenters. The third kappa shape index (κ3) is 7.05. The predicted molar refractivity (Wildman–Crippen MR) is 146 cm³/mol. The summed E-state index contributed by atoms with van der Waals surface area (Å²) in [4.78, 5) is 26.6. The van der Waals surface area contributed by atoms with Crippen LogP contribution in [0.5, 0.6) is 5.88 Å². The van der Waals surface area contributed by atoms with E-state index in [-0.39, 0.29) is 42.3 Å². The van der Waals surface area contributed by atoms with Crippen molar-refractivity contribution in [1.82, 2.24) is 14.7 Å². The van der Waals surface area contributed by atoms with Crippen LogP contribution >= 0.6 is 0 Å². The number of ether oxygens (including phenoxy) is 1. The van der Waals surface area contributed by atoms with E-state index >= 15 is 0 Å². The molecule has 2 aromatic carbocycles. The average molecular weight is 554 g/mol. The molecule has 0 saturated carbocycles. The molecule has 1 amide bonds. The van der Waals surface area contributed by atoms with Gasteiger partial charge >= 0.3 is 5.97 Å². The highest BCUT2D eigenvalue weighted by molar-refractivity contribution is 5.95. The Labute approximate surface area is 232 Å². The first-order valence-electron chi connectivity index (χ1n) is 13.6. The zero-order chi connectivity index (χ0) is 28.8. The number of aromatic nitrogens is 2. The second-order valence-corrected chi connectivity index (χ2v) is 10.6. The van der Waals surface area contributed by atoms with Crippen molar-refractivity contribution >= 4 is 11.9 Å². The minimum atomic E-state index is -1.24. The fraction of sp³-hybridized carbons (Fsp3) is 0.433. The van der Waals surface area contributed by atoms with E-state index in [1.54, 1.807) is 0 Å². The molecule has 9 nitrogen and oxygen atoms in total. The van der Waals surface area contributed by atoms with Crippen molar-refractivity contribution in [1.29, 1.82) is 0 Å². The van der Waals surface area contributed by atoms with Gasteiger partial charge in [-0.2, -0.15) is 5.10 Å². The number of halogens is 1. The maximum Gasteiger partial charge on any atom is 0.305 e. The van der Waals surface area contributed by atoms with Crippen molar-refractivity contribution in [3.05, 3.63) is 77.2 Å². The first-order chi connectivity index (χ1) is 19.1. The zero-order valence-corrected chi connectivity index (χ0v) is 22.7. The van der Waals surface area contributed by atoms with Gasteiger partial charge in [-0.25, -0.2) is 9.07 Å². The molecule has 0 aliphatic carbocycles. The van der Waals surface area contributed by atoms with Crippen LogP contribution < -0.4 is 4.74 Å². The Morgan fingerprint density at radius 1 is 1.07 bits per heavy atom. The number of nitrogens with zero attached hydrogens (tertiary/aromatic N) is 3. The molecule has 1 aliphatic rings. The molecule has 214 valence electrons. The van der Waals surface area contributed by atoms with Crippen molar-refractivity contribution in [2.24, 2.45) is 0 Å². The maximum absolute atomic E-state index is 13.9. The fourth-order valence-electron chi connectivity index (χ4n) is 5.14. The second kappa shape index (κ2) is 13.1. The van der Waals surface area contributed by atoms with Gasteiger partial charge in [-0.3, -0.25) is 9.59 Å². The van der Waals surface area contributed by atoms with Crippen LogP contribution in [0.1, 0.15) is 73.0 Å². The summed E-state index contributed by atoms with van der Waals surface area (Å²) < 4.78 is 21.2. The second-order valence-electron chi connectivity index (χ2n) is 10.6. The van der Waals surface area contributed by atoms with Crippen molar-refractivity contribution in [3.8, 4) is 11.6 Å². The molecule has 3 aromatic rings. The van der Waals surface area contributed by atoms with E-state index in [9.17, 15) is 24.2 Å². The number of aliphatic carboxylic acids is 1. The highest BCUT2D eigenvalue weighted by Gasteiger charge is 2.33. The Kier molecular flexibility index (Phi) is 9.54. The van der Waals surface area contributed by atoms with Gasteiger partial charge in [0.1, 0.15) is 12.4 Å². The predicted octanol–water partition coefficient (Wildman–Crippen LogP) is 4.12. The number of carboxylic acids is 1. The fourth-order valence-corrected chi connectivity index (χ4v) is 5.14. The smallest absolute Gasteiger partial charge is 0.305 e. The highest BCUT2D eigenvalue weighted by atomic mass is 19.1. The molecule has 0 spiro atoms. The molecule has 1 unspecified atom stereocenters. The molecule has 1 aliphatic heterocycles. The number of amides is 1. The Morgan fingerprint density at radius 3 is 2.42 bits per heavy atom. The molecular weight excluding hydrogens is 517 g/mol. The zero-order valence-electron chi connectivity index (χ0n) is 22.7. The summed E-state index contributed by atoms with van der Waals surface area (Å²) in [6.45, 7) is 4.70. The van der Waals surface area contributed by atoms with Crippen LogP contribution in [-0.2, 0) is 4.79 Å². The molecule has 2 heterocycles. The number of piperidine rings is 1. The van der Waals surface area contributed by atoms with Gasteiger partial charge < -0.3 is 25.0 Å². The van der Waals surface area contributed by atoms with E-state index in [4.69, 9.17) is 9.84 Å². The summed E-state index contributed by atoms with van der Waals surface area (Å²) >= 11 is 0. The van der Waals surface area contributed by atoms with Crippen LogP contribution in [0.15, 0.2) is 54.6 Å². The molecule has 0 bridgehead atoms. The summed E-state index contributed by atoms with van der Waals surface area (Å²) in [7, 11) is 0. The number of carboxylic acid groups (broad SMARTS) is 1. The lowest BCUT2D eigenvalue weighted by Crippen LogP contribution is -2.39. The van der Waals surface area contributed by atoms with Crippen LogP contribution in [0.4, 0.5) is 4.39 Å². The van der Waals surface area contributed by atoms with Gasteiger partial charge in [0.15, 0.2) is 5.69 Å². The van der Waals surface area contributed by atoms with Gasteiger partial charge in [0.25, 0.3) is 5.91 Å². The number of hydrogen-bond acceptors (Lipinski definition) is 6. The van der Waals surface area contributed by atoms with Gasteiger partial charge in [0.05, 0.1) is 24.3 Å². The third-order valence-electron chi connectivity index (χ3n) is 7.08. The summed E-state index contributed by atoms with van der Waals surface area (Å²) in [6.07, 6.45) is -1.27. The molecule has 1 fully saturated rings. The number of likely N-dealkylation sites (tertiary alicyclic amines) is 1. The topological polar surface area (TPSA) is 125 Å². The van der Waals surface area contributed by atoms with Crippen LogP contribution in [0, 0.1) is 5.82 Å². The summed E-state index contributed by atoms with van der Waals surface area (Å²) in [5.74, 6) is -1.58. The van der Waals surface area contributed by atoms with Crippen LogP contribution in [-0.4, -0.2) is 73.8 Å². The van der Waals surface area contributed by atoms with Gasteiger partial charge in [-0.15, -0.1) is 0 Å². The Balaban J connectivity index is 1.65. The summed E-state index contributed by atoms with van der Waals surface area (Å²) in [5, 5.41) is 33.9. The number of carbonyl (C=O) groups excluding carboxylic acids is 1. The molecule has 4 rings (SSSR count). The van der Waals surface area contributed by atoms with Gasteiger partial charge in [0, 0.05) is 31.0 Å². The largest absolute Gasteiger partial charge is 0.481 e. The minimum absolute atomic E-state index is 0.187. The van der Waals surface area contributed by atoms with Crippen molar-refractivity contribution in [2.75, 3.05) is 19.7 Å². The lowest BCUT2D eigenvalue weighted by Gasteiger charge is -2.33. The van der Waals surface area contributed by atoms with Crippen molar-refractivity contribution in [3.63, 3.8) is 0 Å². The quantitative estimate of drug-likeness (QED) is 0.326. The summed E-state index contributed by atoms with van der Waals surface area (Å²) in [5.41, 5.74) is 2.43. The van der Waals surface area contributed by atoms with Crippen LogP contribution in [0.25, 0.3) is 5.69 Å². The average Bonchev–Trinajstić information content (AvgIpc) is 3.32. The van der Waals surface area contributed by atoms with E-state index < -0.39 is 30.4 Å². The number of benzene rings is 2. The molecule has 10 heteroatoms. The molecule has 40 heavy (non-hydrogen) atoms. The lowest BCUT2D eigenvalue weighted by atomic mass is 9.90. The van der Waals surface area contributed by atoms with Crippen LogP contribution in [0.3, 0.4) is 0 Å².